The first-order chi connectivity index (χ1) is 4.54. The maximum Gasteiger partial charge on any atom is 0.400 e. The number of hydrogen-bond donors (Lipinski definition) is 1. The Morgan fingerprint density at radius 3 is 2.70 bits per heavy atom. The van der Waals surface area contributed by atoms with Crippen molar-refractivity contribution >= 4 is 29.1 Å². The number of rotatable bonds is 0. The van der Waals surface area contributed by atoms with Gasteiger partial charge in [0.25, 0.3) is 0 Å². The van der Waals surface area contributed by atoms with E-state index in [1.807, 2.05) is 0 Å². The van der Waals surface area contributed by atoms with Crippen molar-refractivity contribution in [2.45, 2.75) is 4.52 Å². The number of halogens is 2. The Bertz CT molecular complexity index is 178. The number of hydrogen-bond acceptors (Lipinski definition) is 1. The van der Waals surface area contributed by atoms with Gasteiger partial charge < -0.3 is 9.84 Å². The molecule has 58 valence electrons. The molecule has 0 amide bonds. The number of ether oxygens (including phenoxy) is 1. The van der Waals surface area contributed by atoms with Gasteiger partial charge in [-0.25, -0.2) is 0 Å². The van der Waals surface area contributed by atoms with Gasteiger partial charge in [0.2, 0.25) is 0 Å². The van der Waals surface area contributed by atoms with Gasteiger partial charge >= 0.3 is 10.4 Å². The Kier molecular flexibility index (Phi) is 2.08. The molecule has 0 unspecified atom stereocenters. The minimum Gasteiger partial charge on any atom is -0.459 e. The van der Waals surface area contributed by atoms with Crippen LogP contribution in [0.25, 0.3) is 0 Å². The topological polar surface area (TPSA) is 32.5 Å². The largest absolute Gasteiger partial charge is 0.459 e. The molecule has 3 nitrogen and oxygen atoms in total. The van der Waals surface area contributed by atoms with E-state index < -0.39 is 4.52 Å². The van der Waals surface area contributed by atoms with E-state index >= 15 is 0 Å². The van der Waals surface area contributed by atoms with Crippen molar-refractivity contribution in [1.29, 1.82) is 0 Å². The Morgan fingerprint density at radius 2 is 2.30 bits per heavy atom. The zero-order valence-corrected chi connectivity index (χ0v) is 6.98. The second kappa shape index (κ2) is 2.57. The van der Waals surface area contributed by atoms with Gasteiger partial charge in [-0.15, -0.1) is 0 Å². The minimum atomic E-state index is -1.55. The third-order valence-electron chi connectivity index (χ3n) is 1.33. The third-order valence-corrected chi connectivity index (χ3v) is 1.89. The van der Waals surface area contributed by atoms with Crippen LogP contribution in [0.15, 0.2) is 0 Å². The average Bonchev–Trinajstić information content (AvgIpc) is 1.83. The summed E-state index contributed by atoms with van der Waals surface area (Å²) in [5.74, 6) is -0.151. The lowest BCUT2D eigenvalue weighted by atomic mass is 10.5. The number of alkyl halides is 2. The first kappa shape index (κ1) is 8.11. The molecule has 0 atom stereocenters. The first-order valence-electron chi connectivity index (χ1n) is 2.83. The van der Waals surface area contributed by atoms with Gasteiger partial charge in [0.1, 0.15) is 13.7 Å². The fraction of sp³-hybridized carbons (Fsp3) is 0.800. The average molecular weight is 185 g/mol. The van der Waals surface area contributed by atoms with E-state index in [1.54, 1.807) is 11.6 Å². The second-order valence-corrected chi connectivity index (χ2v) is 3.37. The van der Waals surface area contributed by atoms with Crippen LogP contribution in [-0.2, 0) is 4.74 Å². The Labute approximate surface area is 68.8 Å². The summed E-state index contributed by atoms with van der Waals surface area (Å²) in [6.45, 7) is 1.03. The van der Waals surface area contributed by atoms with Crippen LogP contribution in [0, 0.1) is 0 Å². The van der Waals surface area contributed by atoms with Crippen molar-refractivity contribution in [1.82, 2.24) is 0 Å². The highest BCUT2D eigenvalue weighted by atomic mass is 35.5. The van der Waals surface area contributed by atoms with E-state index in [-0.39, 0.29) is 5.90 Å². The molecule has 0 aliphatic carbocycles. The van der Waals surface area contributed by atoms with Crippen LogP contribution in [0.3, 0.4) is 0 Å². The van der Waals surface area contributed by atoms with Crippen LogP contribution in [0.1, 0.15) is 0 Å². The maximum absolute atomic E-state index is 9.16. The summed E-state index contributed by atoms with van der Waals surface area (Å²) in [6, 6.07) is 0. The van der Waals surface area contributed by atoms with Gasteiger partial charge in [0.05, 0.1) is 0 Å². The van der Waals surface area contributed by atoms with E-state index in [2.05, 4.69) is 0 Å². The number of aliphatic hydroxyl groups excluding tert-OH is 1. The van der Waals surface area contributed by atoms with Crippen LogP contribution in [0.4, 0.5) is 0 Å². The molecule has 0 saturated heterocycles. The fourth-order valence-corrected chi connectivity index (χ4v) is 1.15. The molecule has 0 bridgehead atoms. The molecule has 0 radical (unpaired) electrons. The van der Waals surface area contributed by atoms with Crippen LogP contribution in [-0.4, -0.2) is 40.3 Å². The summed E-state index contributed by atoms with van der Waals surface area (Å²) < 4.78 is 4.85. The minimum absolute atomic E-state index is 0.151. The molecule has 1 heterocycles. The molecule has 0 aromatic rings. The normalized spacial score (nSPS) is 25.1. The van der Waals surface area contributed by atoms with E-state index in [0.29, 0.717) is 13.2 Å². The van der Waals surface area contributed by atoms with Crippen molar-refractivity contribution in [3.8, 4) is 0 Å². The van der Waals surface area contributed by atoms with Crippen LogP contribution < -0.4 is 0 Å². The highest BCUT2D eigenvalue weighted by Crippen LogP contribution is 2.25. The lowest BCUT2D eigenvalue weighted by Gasteiger charge is -2.19. The van der Waals surface area contributed by atoms with Crippen molar-refractivity contribution in [2.75, 3.05) is 20.2 Å². The Hall–Kier alpha value is 0.01000. The number of likely N-dealkylation sites (N-methyl/N-ethyl adjacent to an activating group) is 1. The molecule has 1 rings (SSSR count). The monoisotopic (exact) mass is 184 g/mol. The second-order valence-electron chi connectivity index (χ2n) is 2.11. The summed E-state index contributed by atoms with van der Waals surface area (Å²) in [5.41, 5.74) is 0. The smallest absolute Gasteiger partial charge is 0.400 e. The molecule has 1 aliphatic rings. The summed E-state index contributed by atoms with van der Waals surface area (Å²) in [5, 5.41) is 9.16. The lowest BCUT2D eigenvalue weighted by Crippen LogP contribution is -2.43. The third kappa shape index (κ3) is 1.36. The zero-order valence-electron chi connectivity index (χ0n) is 5.47. The Morgan fingerprint density at radius 1 is 1.70 bits per heavy atom. The molecule has 0 aromatic heterocycles. The number of aliphatic hydroxyl groups is 1. The van der Waals surface area contributed by atoms with Gasteiger partial charge in [-0.3, -0.25) is 0 Å². The molecule has 10 heavy (non-hydrogen) atoms. The van der Waals surface area contributed by atoms with Crippen LogP contribution in [0.5, 0.6) is 0 Å². The molecular weight excluding hydrogens is 177 g/mol. The van der Waals surface area contributed by atoms with Crippen molar-refractivity contribution in [2.24, 2.45) is 0 Å². The fourth-order valence-electron chi connectivity index (χ4n) is 0.703. The quantitative estimate of drug-likeness (QED) is 0.446. The molecule has 0 saturated carbocycles. The predicted molar refractivity (Wildman–Crippen MR) is 39.1 cm³/mol. The number of nitrogens with zero attached hydrogens (tertiary/aromatic N) is 1. The Balaban J connectivity index is 2.89. The lowest BCUT2D eigenvalue weighted by molar-refractivity contribution is -0.521. The maximum atomic E-state index is 9.16. The first-order valence-corrected chi connectivity index (χ1v) is 3.59. The SMILES string of the molecule is C[N+]1=C(O)C(Cl)(Cl)OCC1. The summed E-state index contributed by atoms with van der Waals surface area (Å²) in [6.07, 6.45) is 0. The van der Waals surface area contributed by atoms with E-state index in [1.165, 1.54) is 0 Å². The molecule has 5 heteroatoms. The molecule has 0 spiro atoms. The van der Waals surface area contributed by atoms with Crippen LogP contribution >= 0.6 is 23.2 Å². The van der Waals surface area contributed by atoms with Gasteiger partial charge in [-0.2, -0.15) is 4.58 Å². The van der Waals surface area contributed by atoms with Gasteiger partial charge in [0.15, 0.2) is 6.54 Å². The summed E-state index contributed by atoms with van der Waals surface area (Å²) in [7, 11) is 1.69. The molecule has 1 N–H and O–H groups in total. The van der Waals surface area contributed by atoms with Crippen LogP contribution in [0.2, 0.25) is 0 Å². The predicted octanol–water partition coefficient (Wildman–Crippen LogP) is 0.747. The summed E-state index contributed by atoms with van der Waals surface area (Å²) >= 11 is 11.1. The van der Waals surface area contributed by atoms with Gasteiger partial charge in [-0.05, 0) is 0 Å². The molecular formula is C5H8Cl2NO2+. The van der Waals surface area contributed by atoms with Gasteiger partial charge in [-0.1, -0.05) is 23.2 Å². The standard InChI is InChI=1S/C5H7Cl2NO2/c1-8-2-3-10-5(6,7)4(8)9/h2-3H2,1H3/p+1. The highest BCUT2D eigenvalue weighted by Gasteiger charge is 2.42. The van der Waals surface area contributed by atoms with Crippen molar-refractivity contribution in [3.05, 3.63) is 0 Å². The van der Waals surface area contributed by atoms with E-state index in [9.17, 15) is 0 Å². The van der Waals surface area contributed by atoms with E-state index in [4.69, 9.17) is 33.0 Å². The molecule has 1 aliphatic heterocycles. The zero-order chi connectivity index (χ0) is 7.78. The van der Waals surface area contributed by atoms with Crippen molar-refractivity contribution < 1.29 is 14.4 Å². The summed E-state index contributed by atoms with van der Waals surface area (Å²) in [4.78, 5) is 0. The molecule has 0 aromatic carbocycles. The van der Waals surface area contributed by atoms with E-state index in [0.717, 1.165) is 0 Å². The van der Waals surface area contributed by atoms with Crippen molar-refractivity contribution in [3.63, 3.8) is 0 Å². The van der Waals surface area contributed by atoms with Gasteiger partial charge in [0, 0.05) is 0 Å². The molecule has 0 fully saturated rings. The highest BCUT2D eigenvalue weighted by molar-refractivity contribution is 6.56.